The van der Waals surface area contributed by atoms with Gasteiger partial charge < -0.3 is 19.3 Å². The van der Waals surface area contributed by atoms with E-state index >= 15 is 0 Å². The lowest BCUT2D eigenvalue weighted by atomic mass is 10.1. The Hall–Kier alpha value is -1.40. The van der Waals surface area contributed by atoms with Crippen LogP contribution in [0.3, 0.4) is 0 Å². The molecule has 0 spiro atoms. The van der Waals surface area contributed by atoms with Gasteiger partial charge in [0.15, 0.2) is 0 Å². The number of hydrogen-bond donors (Lipinski definition) is 1. The first kappa shape index (κ1) is 14.0. The summed E-state index contributed by atoms with van der Waals surface area (Å²) in [5.41, 5.74) is 1.16. The zero-order chi connectivity index (χ0) is 14.0. The number of carbonyl (C=O) groups excluding carboxylic acids is 1. The van der Waals surface area contributed by atoms with E-state index in [2.05, 4.69) is 5.16 Å². The summed E-state index contributed by atoms with van der Waals surface area (Å²) in [6, 6.07) is 0. The molecule has 1 saturated heterocycles. The van der Waals surface area contributed by atoms with Gasteiger partial charge in [-0.1, -0.05) is 12.1 Å². The van der Waals surface area contributed by atoms with Gasteiger partial charge >= 0.3 is 0 Å². The van der Waals surface area contributed by atoms with Crippen LogP contribution in [-0.4, -0.2) is 53.0 Å². The Morgan fingerprint density at radius 3 is 2.89 bits per heavy atom. The first-order valence-electron chi connectivity index (χ1n) is 6.57. The number of rotatable bonds is 3. The monoisotopic (exact) mass is 268 g/mol. The summed E-state index contributed by atoms with van der Waals surface area (Å²) in [6.45, 7) is 6.41. The second kappa shape index (κ2) is 5.71. The zero-order valence-corrected chi connectivity index (χ0v) is 11.5. The summed E-state index contributed by atoms with van der Waals surface area (Å²) in [7, 11) is 0. The largest absolute Gasteiger partial charge is 0.394 e. The molecular weight excluding hydrogens is 248 g/mol. The highest BCUT2D eigenvalue weighted by Gasteiger charge is 2.31. The maximum atomic E-state index is 12.6. The number of aryl methyl sites for hydroxylation is 2. The first-order chi connectivity index (χ1) is 9.06. The Morgan fingerprint density at radius 1 is 1.53 bits per heavy atom. The lowest BCUT2D eigenvalue weighted by Crippen LogP contribution is -2.50. The van der Waals surface area contributed by atoms with Crippen LogP contribution in [0.15, 0.2) is 4.52 Å². The normalized spacial score (nSPS) is 23.7. The van der Waals surface area contributed by atoms with Gasteiger partial charge in [0.25, 0.3) is 5.91 Å². The molecule has 1 aliphatic heterocycles. The molecule has 2 heterocycles. The van der Waals surface area contributed by atoms with E-state index in [0.717, 1.165) is 0 Å². The van der Waals surface area contributed by atoms with Crippen LogP contribution in [-0.2, 0) is 11.2 Å². The molecule has 1 aliphatic rings. The molecule has 0 aromatic carbocycles. The average Bonchev–Trinajstić information content (AvgIpc) is 2.78. The van der Waals surface area contributed by atoms with Crippen molar-refractivity contribution in [1.82, 2.24) is 10.1 Å². The minimum atomic E-state index is -0.321. The van der Waals surface area contributed by atoms with Gasteiger partial charge in [0, 0.05) is 19.5 Å². The average molecular weight is 268 g/mol. The number of ether oxygens (including phenoxy) is 1. The third kappa shape index (κ3) is 2.79. The van der Waals surface area contributed by atoms with E-state index < -0.39 is 0 Å². The van der Waals surface area contributed by atoms with Crippen molar-refractivity contribution in [3.05, 3.63) is 17.0 Å². The Morgan fingerprint density at radius 2 is 2.26 bits per heavy atom. The zero-order valence-electron chi connectivity index (χ0n) is 11.5. The van der Waals surface area contributed by atoms with E-state index in [1.54, 1.807) is 11.8 Å². The van der Waals surface area contributed by atoms with E-state index in [4.69, 9.17) is 9.26 Å². The van der Waals surface area contributed by atoms with E-state index in [0.29, 0.717) is 36.5 Å². The molecule has 1 amide bonds. The third-order valence-corrected chi connectivity index (χ3v) is 3.29. The number of morpholine rings is 1. The van der Waals surface area contributed by atoms with E-state index in [9.17, 15) is 9.90 Å². The molecule has 0 radical (unpaired) electrons. The predicted octanol–water partition coefficient (Wildman–Crippen LogP) is 0.767. The van der Waals surface area contributed by atoms with Crippen LogP contribution < -0.4 is 0 Å². The van der Waals surface area contributed by atoms with Gasteiger partial charge in [-0.3, -0.25) is 4.79 Å². The van der Waals surface area contributed by atoms with Crippen LogP contribution in [0.5, 0.6) is 0 Å². The summed E-state index contributed by atoms with van der Waals surface area (Å²) in [4.78, 5) is 14.3. The molecule has 19 heavy (non-hydrogen) atoms. The van der Waals surface area contributed by atoms with Crippen molar-refractivity contribution in [3.63, 3.8) is 0 Å². The molecule has 1 N–H and O–H groups in total. The number of carbonyl (C=O) groups is 1. The highest BCUT2D eigenvalue weighted by molar-refractivity contribution is 5.96. The summed E-state index contributed by atoms with van der Waals surface area (Å²) in [5, 5.41) is 13.1. The summed E-state index contributed by atoms with van der Waals surface area (Å²) >= 11 is 0. The minimum Gasteiger partial charge on any atom is -0.394 e. The van der Waals surface area contributed by atoms with Crippen molar-refractivity contribution in [3.8, 4) is 0 Å². The third-order valence-electron chi connectivity index (χ3n) is 3.29. The molecule has 2 unspecified atom stereocenters. The topological polar surface area (TPSA) is 75.8 Å². The maximum Gasteiger partial charge on any atom is 0.259 e. The highest BCUT2D eigenvalue weighted by Crippen LogP contribution is 2.20. The smallest absolute Gasteiger partial charge is 0.259 e. The predicted molar refractivity (Wildman–Crippen MR) is 67.9 cm³/mol. The number of aromatic nitrogens is 1. The summed E-state index contributed by atoms with van der Waals surface area (Å²) in [5.74, 6) is 0.520. The fraction of sp³-hybridized carbons (Fsp3) is 0.692. The van der Waals surface area contributed by atoms with Crippen molar-refractivity contribution < 1.29 is 19.2 Å². The van der Waals surface area contributed by atoms with Gasteiger partial charge in [0.1, 0.15) is 11.3 Å². The van der Waals surface area contributed by atoms with Gasteiger partial charge in [-0.2, -0.15) is 0 Å². The lowest BCUT2D eigenvalue weighted by Gasteiger charge is -2.36. The van der Waals surface area contributed by atoms with Crippen molar-refractivity contribution >= 4 is 5.91 Å². The molecule has 6 nitrogen and oxygen atoms in total. The standard InChI is InChI=1S/C13H20N2O4/c1-4-11-12(9(3)14-19-11)13(17)15-5-8(2)18-10(6-15)7-16/h8,10,16H,4-7H2,1-3H3. The van der Waals surface area contributed by atoms with Gasteiger partial charge in [0.05, 0.1) is 24.5 Å². The second-order valence-electron chi connectivity index (χ2n) is 4.88. The van der Waals surface area contributed by atoms with Crippen molar-refractivity contribution in [1.29, 1.82) is 0 Å². The molecular formula is C13H20N2O4. The minimum absolute atomic E-state index is 0.0832. The lowest BCUT2D eigenvalue weighted by molar-refractivity contribution is -0.0859. The molecule has 1 fully saturated rings. The quantitative estimate of drug-likeness (QED) is 0.876. The Balaban J connectivity index is 2.21. The maximum absolute atomic E-state index is 12.6. The van der Waals surface area contributed by atoms with Crippen LogP contribution in [0.4, 0.5) is 0 Å². The Bertz CT molecular complexity index is 457. The van der Waals surface area contributed by atoms with E-state index in [-0.39, 0.29) is 24.7 Å². The molecule has 0 bridgehead atoms. The summed E-state index contributed by atoms with van der Waals surface area (Å²) in [6.07, 6.45) is 0.226. The summed E-state index contributed by atoms with van der Waals surface area (Å²) < 4.78 is 10.7. The van der Waals surface area contributed by atoms with Crippen LogP contribution in [0, 0.1) is 6.92 Å². The van der Waals surface area contributed by atoms with Crippen molar-refractivity contribution in [2.24, 2.45) is 0 Å². The fourth-order valence-electron chi connectivity index (χ4n) is 2.40. The SMILES string of the molecule is CCc1onc(C)c1C(=O)N1CC(C)OC(CO)C1. The number of aliphatic hydroxyl groups excluding tert-OH is 1. The molecule has 106 valence electrons. The number of hydrogen-bond acceptors (Lipinski definition) is 5. The van der Waals surface area contributed by atoms with Gasteiger partial charge in [-0.25, -0.2) is 0 Å². The Labute approximate surface area is 112 Å². The van der Waals surface area contributed by atoms with E-state index in [1.165, 1.54) is 0 Å². The first-order valence-corrected chi connectivity index (χ1v) is 6.57. The molecule has 6 heteroatoms. The molecule has 1 aromatic rings. The Kier molecular flexibility index (Phi) is 4.21. The van der Waals surface area contributed by atoms with Gasteiger partial charge in [0.2, 0.25) is 0 Å². The highest BCUT2D eigenvalue weighted by atomic mass is 16.5. The van der Waals surface area contributed by atoms with E-state index in [1.807, 2.05) is 13.8 Å². The molecule has 2 rings (SSSR count). The van der Waals surface area contributed by atoms with Crippen LogP contribution in [0.2, 0.25) is 0 Å². The molecule has 2 atom stereocenters. The molecule has 0 saturated carbocycles. The molecule has 0 aliphatic carbocycles. The van der Waals surface area contributed by atoms with Crippen molar-refractivity contribution in [2.75, 3.05) is 19.7 Å². The van der Waals surface area contributed by atoms with Crippen LogP contribution >= 0.6 is 0 Å². The van der Waals surface area contributed by atoms with Gasteiger partial charge in [-0.05, 0) is 13.8 Å². The van der Waals surface area contributed by atoms with Crippen LogP contribution in [0.1, 0.15) is 35.7 Å². The van der Waals surface area contributed by atoms with Crippen molar-refractivity contribution in [2.45, 2.75) is 39.4 Å². The fourth-order valence-corrected chi connectivity index (χ4v) is 2.40. The van der Waals surface area contributed by atoms with Crippen LogP contribution in [0.25, 0.3) is 0 Å². The number of amides is 1. The molecule has 1 aromatic heterocycles. The number of nitrogens with zero attached hydrogens (tertiary/aromatic N) is 2. The van der Waals surface area contributed by atoms with Gasteiger partial charge in [-0.15, -0.1) is 0 Å². The second-order valence-corrected chi connectivity index (χ2v) is 4.88. The number of aliphatic hydroxyl groups is 1.